The van der Waals surface area contributed by atoms with Gasteiger partial charge in [0.25, 0.3) is 0 Å². The monoisotopic (exact) mass is 1000 g/mol. The summed E-state index contributed by atoms with van der Waals surface area (Å²) < 4.78 is 45.2. The zero-order chi connectivity index (χ0) is 52.1. The maximum absolute atomic E-state index is 13.3. The van der Waals surface area contributed by atoms with Crippen molar-refractivity contribution in [3.05, 3.63) is 24.3 Å². The van der Waals surface area contributed by atoms with E-state index in [4.69, 9.17) is 30.8 Å². The van der Waals surface area contributed by atoms with Crippen LogP contribution < -0.4 is 32.5 Å². The zero-order valence-corrected chi connectivity index (χ0v) is 45.6. The van der Waals surface area contributed by atoms with Crippen LogP contribution in [0.5, 0.6) is 0 Å². The molecule has 0 aromatic heterocycles. The molecule has 0 spiro atoms. The Labute approximate surface area is 428 Å². The molecule has 0 saturated heterocycles. The molecule has 0 radical (unpaired) electrons. The second kappa shape index (κ2) is 53.2. The summed E-state index contributed by atoms with van der Waals surface area (Å²) in [5.41, 5.74) is 11.4. The second-order valence-electron chi connectivity index (χ2n) is 20.0. The van der Waals surface area contributed by atoms with Gasteiger partial charge in [-0.1, -0.05) is 154 Å². The first kappa shape index (κ1) is 70.0. The molecule has 0 bridgehead atoms. The number of ether oxygens (including phenoxy) is 2. The van der Waals surface area contributed by atoms with Gasteiger partial charge in [-0.25, -0.2) is 0 Å². The number of amides is 1. The van der Waals surface area contributed by atoms with Gasteiger partial charge in [0.05, 0.1) is 39.8 Å². The van der Waals surface area contributed by atoms with Crippen LogP contribution in [0.15, 0.2) is 24.3 Å². The number of carboxylic acid groups (broad SMARTS) is 1. The van der Waals surface area contributed by atoms with E-state index in [2.05, 4.69) is 68.2 Å². The van der Waals surface area contributed by atoms with Crippen LogP contribution in [0.2, 0.25) is 0 Å². The third-order valence-corrected chi connectivity index (χ3v) is 12.6. The summed E-state index contributed by atoms with van der Waals surface area (Å²) in [6, 6.07) is -0.203. The first-order chi connectivity index (χ1) is 33.8. The van der Waals surface area contributed by atoms with Crippen molar-refractivity contribution in [2.24, 2.45) is 11.5 Å². The van der Waals surface area contributed by atoms with Crippen molar-refractivity contribution in [2.75, 3.05) is 86.3 Å². The number of hydrogen-bond acceptors (Lipinski definition) is 9. The van der Waals surface area contributed by atoms with Gasteiger partial charge in [0.2, 0.25) is 5.91 Å². The van der Waals surface area contributed by atoms with Crippen LogP contribution in [-0.4, -0.2) is 121 Å². The third-order valence-electron chi connectivity index (χ3n) is 12.6. The number of halogens is 3. The molecule has 2 atom stereocenters. The van der Waals surface area contributed by atoms with Crippen LogP contribution >= 0.6 is 0 Å². The molecule has 0 aromatic rings. The zero-order valence-electron chi connectivity index (χ0n) is 45.6. The van der Waals surface area contributed by atoms with E-state index in [1.807, 2.05) is 0 Å². The van der Waals surface area contributed by atoms with Gasteiger partial charge < -0.3 is 51.3 Å². The van der Waals surface area contributed by atoms with Crippen molar-refractivity contribution in [1.82, 2.24) is 16.0 Å². The Morgan fingerprint density at radius 3 is 1.46 bits per heavy atom. The molecule has 70 heavy (non-hydrogen) atoms. The van der Waals surface area contributed by atoms with E-state index in [0.29, 0.717) is 26.2 Å². The predicted octanol–water partition coefficient (Wildman–Crippen LogP) is 11.0. The molecule has 0 saturated carbocycles. The molecule has 7 N–H and O–H groups in total. The van der Waals surface area contributed by atoms with Crippen molar-refractivity contribution in [1.29, 1.82) is 0 Å². The van der Waals surface area contributed by atoms with Crippen molar-refractivity contribution < 1.29 is 41.8 Å². The van der Waals surface area contributed by atoms with E-state index in [1.54, 1.807) is 0 Å². The topological polar surface area (TPSA) is 164 Å². The summed E-state index contributed by atoms with van der Waals surface area (Å²) in [4.78, 5) is 22.1. The SMILES string of the molecule is CCCCCCCCC=CCCCCCCCCOCC(C[N+](C)(C)CCNC(=O)C(CCCNCCCN)NCCCN)OCCCCCCCCC=CCCCCCCCC.O=C([O-])C(F)(F)F. The third kappa shape index (κ3) is 53.7. The number of nitrogens with two attached hydrogens (primary N) is 2. The molecule has 14 heteroatoms. The Balaban J connectivity index is 0. The van der Waals surface area contributed by atoms with Gasteiger partial charge in [0.15, 0.2) is 0 Å². The van der Waals surface area contributed by atoms with Gasteiger partial charge in [-0.2, -0.15) is 13.2 Å². The number of rotatable bonds is 52. The molecule has 2 unspecified atom stereocenters. The summed E-state index contributed by atoms with van der Waals surface area (Å²) in [7, 11) is 4.50. The fourth-order valence-electron chi connectivity index (χ4n) is 8.15. The van der Waals surface area contributed by atoms with Crippen LogP contribution in [-0.2, 0) is 19.1 Å². The van der Waals surface area contributed by atoms with Crippen LogP contribution in [0.3, 0.4) is 0 Å². The largest absolute Gasteiger partial charge is 0.542 e. The van der Waals surface area contributed by atoms with Gasteiger partial charge in [-0.05, 0) is 123 Å². The van der Waals surface area contributed by atoms with Crippen molar-refractivity contribution in [3.8, 4) is 0 Å². The number of allylic oxidation sites excluding steroid dienone is 4. The summed E-state index contributed by atoms with van der Waals surface area (Å²) in [5, 5.41) is 18.9. The summed E-state index contributed by atoms with van der Waals surface area (Å²) in [6.07, 6.45) is 44.8. The second-order valence-corrected chi connectivity index (χ2v) is 20.0. The molecule has 0 aliphatic carbocycles. The fourth-order valence-corrected chi connectivity index (χ4v) is 8.15. The van der Waals surface area contributed by atoms with Gasteiger partial charge in [-0.15, -0.1) is 0 Å². The number of quaternary nitrogens is 1. The number of carboxylic acids is 1. The summed E-state index contributed by atoms with van der Waals surface area (Å²) in [6.45, 7) is 13.0. The molecule has 0 rings (SSSR count). The molecular formula is C56H111F3N6O5. The first-order valence-corrected chi connectivity index (χ1v) is 28.6. The minimum Gasteiger partial charge on any atom is -0.542 e. The highest BCUT2D eigenvalue weighted by Gasteiger charge is 2.29. The van der Waals surface area contributed by atoms with E-state index in [0.717, 1.165) is 88.9 Å². The van der Waals surface area contributed by atoms with E-state index in [-0.39, 0.29) is 18.1 Å². The number of carbonyl (C=O) groups is 2. The van der Waals surface area contributed by atoms with Gasteiger partial charge in [-0.3, -0.25) is 4.79 Å². The minimum atomic E-state index is -5.19. The van der Waals surface area contributed by atoms with E-state index in [1.165, 1.54) is 167 Å². The highest BCUT2D eigenvalue weighted by atomic mass is 19.4. The van der Waals surface area contributed by atoms with E-state index < -0.39 is 12.1 Å². The number of nitrogens with one attached hydrogen (secondary N) is 3. The number of aliphatic carboxylic acids is 1. The Morgan fingerprint density at radius 2 is 1.00 bits per heavy atom. The maximum Gasteiger partial charge on any atom is 0.430 e. The Bertz CT molecular complexity index is 1180. The first-order valence-electron chi connectivity index (χ1n) is 28.6. The van der Waals surface area contributed by atoms with E-state index >= 15 is 0 Å². The van der Waals surface area contributed by atoms with Crippen molar-refractivity contribution >= 4 is 11.9 Å². The lowest BCUT2D eigenvalue weighted by molar-refractivity contribution is -0.892. The highest BCUT2D eigenvalue weighted by molar-refractivity contribution is 5.81. The predicted molar refractivity (Wildman–Crippen MR) is 287 cm³/mol. The van der Waals surface area contributed by atoms with Crippen LogP contribution in [0.25, 0.3) is 0 Å². The number of likely N-dealkylation sites (N-methyl/N-ethyl adjacent to an activating group) is 1. The summed E-state index contributed by atoms with van der Waals surface area (Å²) in [5.74, 6) is -2.92. The molecule has 0 aliphatic rings. The molecule has 0 fully saturated rings. The summed E-state index contributed by atoms with van der Waals surface area (Å²) >= 11 is 0. The van der Waals surface area contributed by atoms with Crippen molar-refractivity contribution in [2.45, 2.75) is 238 Å². The molecule has 1 amide bonds. The van der Waals surface area contributed by atoms with Gasteiger partial charge >= 0.3 is 6.18 Å². The normalized spacial score (nSPS) is 13.0. The fraction of sp³-hybridized carbons (Fsp3) is 0.893. The number of alkyl halides is 3. The average Bonchev–Trinajstić information content (AvgIpc) is 3.32. The number of unbranched alkanes of at least 4 members (excludes halogenated alkanes) is 24. The highest BCUT2D eigenvalue weighted by Crippen LogP contribution is 2.14. The lowest BCUT2D eigenvalue weighted by atomic mass is 10.1. The average molecular weight is 1010 g/mol. The molecule has 0 heterocycles. The minimum absolute atomic E-state index is 0.0467. The molecular weight excluding hydrogens is 894 g/mol. The smallest absolute Gasteiger partial charge is 0.430 e. The van der Waals surface area contributed by atoms with Crippen LogP contribution in [0.4, 0.5) is 13.2 Å². The van der Waals surface area contributed by atoms with Gasteiger partial charge in [0.1, 0.15) is 18.6 Å². The standard InChI is InChI=1S/C54H110N6O3.C2HF3O2/c1-5-7-9-11-13-15-17-19-21-23-25-27-29-31-33-35-48-62-51-52(63-49-36-34-32-30-28-26-24-22-20-18-16-14-12-10-8-6-2)50-60(3,4)47-46-59-54(61)53(58-45-39-42-56)40-37-43-57-44-38-41-55;3-2(4,5)1(6)7/h19-22,52-53,57-58H,5-18,23-51,55-56H2,1-4H3;(H,6,7). The maximum atomic E-state index is 13.3. The van der Waals surface area contributed by atoms with Crippen LogP contribution in [0, 0.1) is 0 Å². The molecule has 11 nitrogen and oxygen atoms in total. The molecule has 0 aromatic carbocycles. The quantitative estimate of drug-likeness (QED) is 0.0227. The lowest BCUT2D eigenvalue weighted by Crippen LogP contribution is -2.52. The Hall–Kier alpha value is -2.07. The number of carbonyl (C=O) groups excluding carboxylic acids is 2. The Kier molecular flexibility index (Phi) is 53.2. The van der Waals surface area contributed by atoms with Crippen LogP contribution in [0.1, 0.15) is 219 Å². The molecule has 416 valence electrons. The lowest BCUT2D eigenvalue weighted by Gasteiger charge is -2.33. The number of nitrogens with zero attached hydrogens (tertiary/aromatic N) is 1. The van der Waals surface area contributed by atoms with Crippen molar-refractivity contribution in [3.63, 3.8) is 0 Å². The van der Waals surface area contributed by atoms with E-state index in [9.17, 15) is 18.0 Å². The molecule has 0 aliphatic heterocycles. The van der Waals surface area contributed by atoms with Gasteiger partial charge in [0, 0.05) is 13.2 Å². The number of hydrogen-bond donors (Lipinski definition) is 5. The Morgan fingerprint density at radius 1 is 0.586 bits per heavy atom.